The average Bonchev–Trinajstić information content (AvgIpc) is 2.84. The van der Waals surface area contributed by atoms with Crippen molar-refractivity contribution >= 4 is 38.9 Å². The van der Waals surface area contributed by atoms with Crippen LogP contribution in [-0.2, 0) is 6.42 Å². The topological polar surface area (TPSA) is 80.9 Å². The maximum atomic E-state index is 12.1. The van der Waals surface area contributed by atoms with Gasteiger partial charge in [-0.05, 0) is 34.5 Å². The summed E-state index contributed by atoms with van der Waals surface area (Å²) in [6, 6.07) is 4.04. The van der Waals surface area contributed by atoms with E-state index in [0.717, 1.165) is 10.2 Å². The van der Waals surface area contributed by atoms with Gasteiger partial charge in [0, 0.05) is 17.3 Å². The Balaban J connectivity index is 1.98. The van der Waals surface area contributed by atoms with Crippen molar-refractivity contribution < 1.29 is 4.79 Å². The second kappa shape index (κ2) is 7.00. The largest absolute Gasteiger partial charge is 0.396 e. The summed E-state index contributed by atoms with van der Waals surface area (Å²) >= 11 is 5.08. The van der Waals surface area contributed by atoms with Crippen molar-refractivity contribution in [3.8, 4) is 0 Å². The predicted octanol–water partition coefficient (Wildman–Crippen LogP) is 2.98. The first-order valence-corrected chi connectivity index (χ1v) is 8.23. The Labute approximate surface area is 136 Å². The molecule has 2 aromatic heterocycles. The van der Waals surface area contributed by atoms with Crippen LogP contribution in [0.25, 0.3) is 0 Å². The van der Waals surface area contributed by atoms with Gasteiger partial charge in [0.25, 0.3) is 5.91 Å². The Kier molecular flexibility index (Phi) is 5.30. The fraction of sp³-hybridized carbons (Fsp3) is 0.357. The normalized spacial score (nSPS) is 10.9. The number of nitrogens with zero attached hydrogens (tertiary/aromatic N) is 2. The molecule has 2 heterocycles. The SMILES string of the molecule is CC(C)c1ncc(N)c(C(=O)NCCc2ccc(Br)s2)n1. The van der Waals surface area contributed by atoms with Gasteiger partial charge < -0.3 is 11.1 Å². The summed E-state index contributed by atoms with van der Waals surface area (Å²) in [5, 5.41) is 2.85. The van der Waals surface area contributed by atoms with Gasteiger partial charge in [0.2, 0.25) is 0 Å². The molecule has 1 amide bonds. The molecule has 2 rings (SSSR count). The zero-order valence-corrected chi connectivity index (χ0v) is 14.3. The number of nitrogen functional groups attached to an aromatic ring is 1. The van der Waals surface area contributed by atoms with Gasteiger partial charge in [0.1, 0.15) is 5.82 Å². The van der Waals surface area contributed by atoms with Crippen LogP contribution in [0.15, 0.2) is 22.1 Å². The Morgan fingerprint density at radius 2 is 2.24 bits per heavy atom. The lowest BCUT2D eigenvalue weighted by atomic mass is 10.2. The molecule has 112 valence electrons. The summed E-state index contributed by atoms with van der Waals surface area (Å²) in [4.78, 5) is 21.7. The molecule has 0 aliphatic heterocycles. The molecule has 0 aliphatic rings. The number of halogens is 1. The second-order valence-corrected chi connectivity index (χ2v) is 7.45. The standard InChI is InChI=1S/C14H17BrN4OS/c1-8(2)13-18-7-10(16)12(19-13)14(20)17-6-5-9-3-4-11(15)21-9/h3-4,7-8H,5-6,16H2,1-2H3,(H,17,20). The number of thiophene rings is 1. The molecule has 0 unspecified atom stereocenters. The van der Waals surface area contributed by atoms with E-state index in [0.29, 0.717) is 18.1 Å². The molecule has 0 spiro atoms. The van der Waals surface area contributed by atoms with Crippen LogP contribution in [0.2, 0.25) is 0 Å². The van der Waals surface area contributed by atoms with Crippen molar-refractivity contribution in [3.63, 3.8) is 0 Å². The number of nitrogens with two attached hydrogens (primary N) is 1. The van der Waals surface area contributed by atoms with Crippen LogP contribution >= 0.6 is 27.3 Å². The van der Waals surface area contributed by atoms with Gasteiger partial charge in [-0.15, -0.1) is 11.3 Å². The minimum Gasteiger partial charge on any atom is -0.396 e. The predicted molar refractivity (Wildman–Crippen MR) is 88.6 cm³/mol. The highest BCUT2D eigenvalue weighted by Crippen LogP contribution is 2.22. The van der Waals surface area contributed by atoms with Crippen molar-refractivity contribution in [2.75, 3.05) is 12.3 Å². The Morgan fingerprint density at radius 3 is 2.86 bits per heavy atom. The van der Waals surface area contributed by atoms with Gasteiger partial charge >= 0.3 is 0 Å². The lowest BCUT2D eigenvalue weighted by Gasteiger charge is -2.09. The van der Waals surface area contributed by atoms with Crippen LogP contribution in [0, 0.1) is 0 Å². The highest BCUT2D eigenvalue weighted by Gasteiger charge is 2.14. The zero-order valence-electron chi connectivity index (χ0n) is 11.9. The lowest BCUT2D eigenvalue weighted by molar-refractivity contribution is 0.0949. The molecule has 0 aromatic carbocycles. The van der Waals surface area contributed by atoms with E-state index in [2.05, 4.69) is 31.2 Å². The third-order valence-corrected chi connectivity index (χ3v) is 4.54. The minimum atomic E-state index is -0.257. The van der Waals surface area contributed by atoms with Gasteiger partial charge in [-0.3, -0.25) is 4.79 Å². The Morgan fingerprint density at radius 1 is 1.48 bits per heavy atom. The van der Waals surface area contributed by atoms with Gasteiger partial charge in [-0.2, -0.15) is 0 Å². The molecule has 0 saturated heterocycles. The average molecular weight is 369 g/mol. The van der Waals surface area contributed by atoms with Crippen molar-refractivity contribution in [1.82, 2.24) is 15.3 Å². The number of aromatic nitrogens is 2. The molecule has 21 heavy (non-hydrogen) atoms. The molecule has 0 aliphatic carbocycles. The first-order chi connectivity index (χ1) is 9.97. The highest BCUT2D eigenvalue weighted by molar-refractivity contribution is 9.11. The van der Waals surface area contributed by atoms with Gasteiger partial charge in [-0.25, -0.2) is 9.97 Å². The summed E-state index contributed by atoms with van der Waals surface area (Å²) < 4.78 is 1.09. The van der Waals surface area contributed by atoms with Crippen LogP contribution in [0.3, 0.4) is 0 Å². The molecule has 2 aromatic rings. The number of amides is 1. The smallest absolute Gasteiger partial charge is 0.272 e. The number of carbonyl (C=O) groups is 1. The molecule has 0 saturated carbocycles. The molecular formula is C14H17BrN4OS. The summed E-state index contributed by atoms with van der Waals surface area (Å²) in [5.41, 5.74) is 6.34. The minimum absolute atomic E-state index is 0.153. The van der Waals surface area contributed by atoms with E-state index in [-0.39, 0.29) is 17.5 Å². The Hall–Kier alpha value is -1.47. The highest BCUT2D eigenvalue weighted by atomic mass is 79.9. The van der Waals surface area contributed by atoms with Crippen molar-refractivity contribution in [2.24, 2.45) is 0 Å². The fourth-order valence-electron chi connectivity index (χ4n) is 1.73. The maximum absolute atomic E-state index is 12.1. The molecule has 0 radical (unpaired) electrons. The van der Waals surface area contributed by atoms with Crippen molar-refractivity contribution in [1.29, 1.82) is 0 Å². The van der Waals surface area contributed by atoms with E-state index in [9.17, 15) is 4.79 Å². The van der Waals surface area contributed by atoms with Crippen LogP contribution in [0.1, 0.15) is 41.0 Å². The molecule has 0 bridgehead atoms. The van der Waals surface area contributed by atoms with E-state index in [4.69, 9.17) is 5.73 Å². The van der Waals surface area contributed by atoms with Gasteiger partial charge in [-0.1, -0.05) is 13.8 Å². The number of hydrogen-bond acceptors (Lipinski definition) is 5. The zero-order chi connectivity index (χ0) is 15.4. The number of anilines is 1. The monoisotopic (exact) mass is 368 g/mol. The van der Waals surface area contributed by atoms with Crippen LogP contribution in [0.5, 0.6) is 0 Å². The van der Waals surface area contributed by atoms with E-state index in [1.54, 1.807) is 11.3 Å². The van der Waals surface area contributed by atoms with E-state index in [1.165, 1.54) is 11.1 Å². The van der Waals surface area contributed by atoms with E-state index < -0.39 is 0 Å². The summed E-state index contributed by atoms with van der Waals surface area (Å²) in [6.07, 6.45) is 2.28. The quantitative estimate of drug-likeness (QED) is 0.849. The van der Waals surface area contributed by atoms with Crippen molar-refractivity contribution in [2.45, 2.75) is 26.2 Å². The summed E-state index contributed by atoms with van der Waals surface area (Å²) in [6.45, 7) is 4.50. The van der Waals surface area contributed by atoms with Gasteiger partial charge in [0.05, 0.1) is 15.7 Å². The fourth-order valence-corrected chi connectivity index (χ4v) is 3.22. The first-order valence-electron chi connectivity index (χ1n) is 6.62. The van der Waals surface area contributed by atoms with Crippen LogP contribution in [0.4, 0.5) is 5.69 Å². The molecule has 7 heteroatoms. The van der Waals surface area contributed by atoms with Crippen LogP contribution in [-0.4, -0.2) is 22.4 Å². The molecule has 5 nitrogen and oxygen atoms in total. The number of nitrogens with one attached hydrogen (secondary N) is 1. The summed E-state index contributed by atoms with van der Waals surface area (Å²) in [7, 11) is 0. The molecule has 0 fully saturated rings. The number of hydrogen-bond donors (Lipinski definition) is 2. The third-order valence-electron chi connectivity index (χ3n) is 2.85. The summed E-state index contributed by atoms with van der Waals surface area (Å²) in [5.74, 6) is 0.518. The Bertz CT molecular complexity index is 642. The second-order valence-electron chi connectivity index (χ2n) is 4.90. The molecule has 3 N–H and O–H groups in total. The van der Waals surface area contributed by atoms with Gasteiger partial charge in [0.15, 0.2) is 5.69 Å². The number of rotatable bonds is 5. The van der Waals surface area contributed by atoms with Crippen LogP contribution < -0.4 is 11.1 Å². The van der Waals surface area contributed by atoms with E-state index in [1.807, 2.05) is 26.0 Å². The molecular weight excluding hydrogens is 352 g/mol. The number of carbonyl (C=O) groups excluding carboxylic acids is 1. The van der Waals surface area contributed by atoms with E-state index >= 15 is 0 Å². The lowest BCUT2D eigenvalue weighted by Crippen LogP contribution is -2.28. The first kappa shape index (κ1) is 15.9. The maximum Gasteiger partial charge on any atom is 0.272 e. The van der Waals surface area contributed by atoms with Crippen molar-refractivity contribution in [3.05, 3.63) is 38.5 Å². The molecule has 0 atom stereocenters. The third kappa shape index (κ3) is 4.25.